The number of halogens is 1. The van der Waals surface area contributed by atoms with E-state index in [1.165, 1.54) is 0 Å². The Labute approximate surface area is 129 Å². The van der Waals surface area contributed by atoms with E-state index < -0.39 is 0 Å². The van der Waals surface area contributed by atoms with Gasteiger partial charge < -0.3 is 18.6 Å². The largest absolute Gasteiger partial charge is 0.469 e. The van der Waals surface area contributed by atoms with Crippen LogP contribution in [0.25, 0.3) is 0 Å². The highest BCUT2D eigenvalue weighted by molar-refractivity contribution is 9.10. The second kappa shape index (κ2) is 6.05. The van der Waals surface area contributed by atoms with Crippen LogP contribution in [0.3, 0.4) is 0 Å². The van der Waals surface area contributed by atoms with Gasteiger partial charge in [-0.1, -0.05) is 0 Å². The number of carbonyl (C=O) groups excluding carboxylic acids is 1. The van der Waals surface area contributed by atoms with Crippen LogP contribution in [-0.4, -0.2) is 12.5 Å². The van der Waals surface area contributed by atoms with Crippen molar-refractivity contribution >= 4 is 21.8 Å². The highest BCUT2D eigenvalue weighted by atomic mass is 79.9. The van der Waals surface area contributed by atoms with Gasteiger partial charge in [0.05, 0.1) is 18.4 Å². The van der Waals surface area contributed by atoms with E-state index in [9.17, 15) is 4.79 Å². The van der Waals surface area contributed by atoms with Gasteiger partial charge in [0.25, 0.3) is 5.91 Å². The first-order valence-electron chi connectivity index (χ1n) is 6.34. The van der Waals surface area contributed by atoms with E-state index in [1.807, 2.05) is 12.1 Å². The topological polar surface area (TPSA) is 68.5 Å². The second-order valence-corrected chi connectivity index (χ2v) is 5.18. The van der Waals surface area contributed by atoms with Crippen molar-refractivity contribution in [3.8, 4) is 0 Å². The fourth-order valence-corrected chi connectivity index (χ4v) is 2.35. The molecule has 0 unspecified atom stereocenters. The molecule has 1 N–H and O–H groups in total. The lowest BCUT2D eigenvalue weighted by Gasteiger charge is -2.12. The maximum atomic E-state index is 12.0. The van der Waals surface area contributed by atoms with E-state index in [0.717, 1.165) is 11.5 Å². The molecule has 0 radical (unpaired) electrons. The van der Waals surface area contributed by atoms with Crippen molar-refractivity contribution in [2.75, 3.05) is 6.54 Å². The molecule has 6 heteroatoms. The molecular weight excluding hydrogens is 338 g/mol. The highest BCUT2D eigenvalue weighted by Crippen LogP contribution is 2.25. The molecular formula is C15H12BrNO4. The van der Waals surface area contributed by atoms with Gasteiger partial charge in [-0.3, -0.25) is 4.79 Å². The smallest absolute Gasteiger partial charge is 0.287 e. The summed E-state index contributed by atoms with van der Waals surface area (Å²) in [5, 5.41) is 2.82. The van der Waals surface area contributed by atoms with Crippen LogP contribution in [0, 0.1) is 0 Å². The summed E-state index contributed by atoms with van der Waals surface area (Å²) >= 11 is 3.17. The van der Waals surface area contributed by atoms with E-state index >= 15 is 0 Å². The fourth-order valence-electron chi connectivity index (χ4n) is 2.04. The molecule has 3 rings (SSSR count). The zero-order valence-corrected chi connectivity index (χ0v) is 12.5. The molecule has 5 nitrogen and oxygen atoms in total. The van der Waals surface area contributed by atoms with Crippen molar-refractivity contribution in [3.63, 3.8) is 0 Å². The molecule has 0 aliphatic rings. The summed E-state index contributed by atoms with van der Waals surface area (Å²) in [6, 6.07) is 10.6. The molecule has 0 spiro atoms. The molecule has 1 amide bonds. The normalized spacial score (nSPS) is 11.0. The molecule has 21 heavy (non-hydrogen) atoms. The summed E-state index contributed by atoms with van der Waals surface area (Å²) in [6.45, 7) is 0.345. The Kier molecular flexibility index (Phi) is 3.96. The van der Waals surface area contributed by atoms with Crippen molar-refractivity contribution in [2.45, 2.75) is 5.92 Å². The van der Waals surface area contributed by atoms with Crippen molar-refractivity contribution in [2.24, 2.45) is 0 Å². The molecule has 108 valence electrons. The summed E-state index contributed by atoms with van der Waals surface area (Å²) in [4.78, 5) is 12.0. The van der Waals surface area contributed by atoms with Crippen LogP contribution in [0.5, 0.6) is 0 Å². The SMILES string of the molecule is O=C(NCC(c1ccco1)c1ccco1)c1ccc(Br)o1. The standard InChI is InChI=1S/C15H12BrNO4/c16-14-6-5-13(21-14)15(18)17-9-10(11-3-1-7-19-11)12-4-2-8-20-12/h1-8,10H,9H2,(H,17,18). The maximum Gasteiger partial charge on any atom is 0.287 e. The lowest BCUT2D eigenvalue weighted by molar-refractivity contribution is 0.0922. The molecule has 0 aliphatic heterocycles. The second-order valence-electron chi connectivity index (χ2n) is 4.40. The average molecular weight is 350 g/mol. The predicted octanol–water partition coefficient (Wildman–Crippen LogP) is 3.79. The van der Waals surface area contributed by atoms with Crippen molar-refractivity contribution in [1.29, 1.82) is 0 Å². The van der Waals surface area contributed by atoms with Crippen LogP contribution < -0.4 is 5.32 Å². The third kappa shape index (κ3) is 3.11. The number of hydrogen-bond donors (Lipinski definition) is 1. The monoisotopic (exact) mass is 349 g/mol. The van der Waals surface area contributed by atoms with Crippen LogP contribution in [-0.2, 0) is 0 Å². The third-order valence-electron chi connectivity index (χ3n) is 3.04. The minimum atomic E-state index is -0.288. The van der Waals surface area contributed by atoms with E-state index in [0.29, 0.717) is 11.2 Å². The Morgan fingerprint density at radius 3 is 2.24 bits per heavy atom. The first-order valence-corrected chi connectivity index (χ1v) is 7.13. The Bertz CT molecular complexity index is 666. The lowest BCUT2D eigenvalue weighted by Crippen LogP contribution is -2.28. The molecule has 3 heterocycles. The van der Waals surface area contributed by atoms with Gasteiger partial charge in [0, 0.05) is 6.54 Å². The highest BCUT2D eigenvalue weighted by Gasteiger charge is 2.21. The van der Waals surface area contributed by atoms with Gasteiger partial charge in [0.1, 0.15) is 11.5 Å². The summed E-state index contributed by atoms with van der Waals surface area (Å²) in [7, 11) is 0. The molecule has 0 fully saturated rings. The molecule has 0 bridgehead atoms. The maximum absolute atomic E-state index is 12.0. The molecule has 0 aliphatic carbocycles. The van der Waals surface area contributed by atoms with Gasteiger partial charge in [-0.2, -0.15) is 0 Å². The van der Waals surface area contributed by atoms with Crippen LogP contribution in [0.15, 0.2) is 66.8 Å². The van der Waals surface area contributed by atoms with Crippen molar-refractivity contribution in [1.82, 2.24) is 5.32 Å². The summed E-state index contributed by atoms with van der Waals surface area (Å²) < 4.78 is 16.6. The van der Waals surface area contributed by atoms with Crippen LogP contribution in [0.4, 0.5) is 0 Å². The number of rotatable bonds is 5. The van der Waals surface area contributed by atoms with Crippen LogP contribution >= 0.6 is 15.9 Å². The minimum Gasteiger partial charge on any atom is -0.469 e. The molecule has 3 aromatic rings. The average Bonchev–Trinajstić information content (AvgIpc) is 3.21. The number of hydrogen-bond acceptors (Lipinski definition) is 4. The van der Waals surface area contributed by atoms with Gasteiger partial charge >= 0.3 is 0 Å². The number of carbonyl (C=O) groups is 1. The Hall–Kier alpha value is -2.21. The summed E-state index contributed by atoms with van der Waals surface area (Å²) in [6.07, 6.45) is 3.19. The van der Waals surface area contributed by atoms with E-state index in [4.69, 9.17) is 13.3 Å². The predicted molar refractivity (Wildman–Crippen MR) is 78.0 cm³/mol. The molecule has 0 saturated heterocycles. The molecule has 0 atom stereocenters. The van der Waals surface area contributed by atoms with E-state index in [2.05, 4.69) is 21.2 Å². The Balaban J connectivity index is 1.72. The third-order valence-corrected chi connectivity index (χ3v) is 3.46. The Morgan fingerprint density at radius 1 is 1.10 bits per heavy atom. The molecule has 0 aromatic carbocycles. The van der Waals surface area contributed by atoms with Crippen LogP contribution in [0.1, 0.15) is 28.0 Å². The van der Waals surface area contributed by atoms with Crippen LogP contribution in [0.2, 0.25) is 0 Å². The van der Waals surface area contributed by atoms with Gasteiger partial charge in [0.2, 0.25) is 0 Å². The van der Waals surface area contributed by atoms with E-state index in [1.54, 1.807) is 36.8 Å². The fraction of sp³-hybridized carbons (Fsp3) is 0.133. The quantitative estimate of drug-likeness (QED) is 0.760. The first-order chi connectivity index (χ1) is 10.2. The lowest BCUT2D eigenvalue weighted by atomic mass is 10.0. The Morgan fingerprint density at radius 2 is 1.76 bits per heavy atom. The first kappa shape index (κ1) is 13.8. The number of nitrogens with one attached hydrogen (secondary N) is 1. The summed E-state index contributed by atoms with van der Waals surface area (Å²) in [5.74, 6) is 1.23. The van der Waals surface area contributed by atoms with Gasteiger partial charge in [-0.05, 0) is 52.3 Å². The number of amides is 1. The molecule has 3 aromatic heterocycles. The minimum absolute atomic E-state index is 0.183. The summed E-state index contributed by atoms with van der Waals surface area (Å²) in [5.41, 5.74) is 0. The van der Waals surface area contributed by atoms with Crippen molar-refractivity contribution < 1.29 is 18.0 Å². The van der Waals surface area contributed by atoms with Gasteiger partial charge in [-0.15, -0.1) is 0 Å². The zero-order chi connectivity index (χ0) is 14.7. The number of furan rings is 3. The van der Waals surface area contributed by atoms with Gasteiger partial charge in [-0.25, -0.2) is 0 Å². The molecule has 0 saturated carbocycles. The van der Waals surface area contributed by atoms with Gasteiger partial charge in [0.15, 0.2) is 10.4 Å². The van der Waals surface area contributed by atoms with Crippen molar-refractivity contribution in [3.05, 3.63) is 70.9 Å². The van der Waals surface area contributed by atoms with E-state index in [-0.39, 0.29) is 17.6 Å². The zero-order valence-electron chi connectivity index (χ0n) is 10.9.